The van der Waals surface area contributed by atoms with E-state index in [0.29, 0.717) is 0 Å². The molecule has 1 atom stereocenters. The maximum atomic E-state index is 12.7. The van der Waals surface area contributed by atoms with Crippen molar-refractivity contribution < 1.29 is 29.6 Å². The average molecular weight is 387 g/mol. The molecule has 0 saturated carbocycles. The molecule has 0 radical (unpaired) electrons. The number of benzene rings is 1. The topological polar surface area (TPSA) is 82.1 Å². The molecule has 1 aromatic carbocycles. The van der Waals surface area contributed by atoms with Gasteiger partial charge in [-0.15, -0.1) is 0 Å². The lowest BCUT2D eigenvalue weighted by atomic mass is 10.2. The molecule has 146 valence electrons. The largest absolute Gasteiger partial charge is 0.444 e. The highest BCUT2D eigenvalue weighted by Crippen LogP contribution is 2.30. The molecular weight excluding hydrogens is 358 g/mol. The molecule has 7 nitrogen and oxygen atoms in total. The van der Waals surface area contributed by atoms with Gasteiger partial charge in [0.1, 0.15) is 11.3 Å². The molecule has 0 aliphatic carbocycles. The van der Waals surface area contributed by atoms with Gasteiger partial charge in [-0.1, -0.05) is 17.7 Å². The molecule has 1 aliphatic heterocycles. The summed E-state index contributed by atoms with van der Waals surface area (Å²) in [6.45, 7) is 6.98. The zero-order valence-electron chi connectivity index (χ0n) is 17.9. The van der Waals surface area contributed by atoms with Crippen molar-refractivity contribution in [3.63, 3.8) is 0 Å². The molecule has 1 aliphatic rings. The highest BCUT2D eigenvalue weighted by atomic mass is 32.2. The van der Waals surface area contributed by atoms with Crippen LogP contribution in [0.25, 0.3) is 0 Å². The Morgan fingerprint density at radius 2 is 1.92 bits per heavy atom. The van der Waals surface area contributed by atoms with Gasteiger partial charge in [0.15, 0.2) is 0 Å². The molecule has 8 heteroatoms. The number of nitrogens with zero attached hydrogens (tertiary/aromatic N) is 1. The van der Waals surface area contributed by atoms with Crippen molar-refractivity contribution in [1.82, 2.24) is 4.90 Å². The average Bonchev–Trinajstić information content (AvgIpc) is 2.81. The van der Waals surface area contributed by atoms with Crippen LogP contribution in [0, 0.1) is 6.92 Å². The first kappa shape index (κ1) is 17.8. The minimum atomic E-state index is -4.40. The van der Waals surface area contributed by atoms with Crippen molar-refractivity contribution in [3.05, 3.63) is 29.8 Å². The van der Waals surface area contributed by atoms with Gasteiger partial charge in [-0.25, -0.2) is 4.79 Å². The molecule has 1 saturated heterocycles. The van der Waals surface area contributed by atoms with Gasteiger partial charge in [0.05, 0.1) is 26.8 Å². The van der Waals surface area contributed by atoms with Gasteiger partial charge in [0, 0.05) is 0 Å². The number of carbonyl (C=O) groups is 1. The van der Waals surface area contributed by atoms with E-state index in [1.54, 1.807) is 53.7 Å². The molecular formula is C18H27NO6S. The van der Waals surface area contributed by atoms with E-state index < -0.39 is 40.1 Å². The van der Waals surface area contributed by atoms with Crippen molar-refractivity contribution in [2.45, 2.75) is 63.8 Å². The molecule has 1 aromatic rings. The van der Waals surface area contributed by atoms with Gasteiger partial charge in [0.25, 0.3) is 10.1 Å². The van der Waals surface area contributed by atoms with Crippen LogP contribution in [0.1, 0.15) is 42.9 Å². The summed E-state index contributed by atoms with van der Waals surface area (Å²) in [7, 11) is -4.40. The number of amides is 1. The highest BCUT2D eigenvalue weighted by molar-refractivity contribution is 7.86. The van der Waals surface area contributed by atoms with Crippen LogP contribution in [0.2, 0.25) is 0 Å². The Bertz CT molecular complexity index is 831. The summed E-state index contributed by atoms with van der Waals surface area (Å²) >= 11 is 0. The first-order chi connectivity index (χ1) is 12.6. The van der Waals surface area contributed by atoms with Crippen molar-refractivity contribution in [2.24, 2.45) is 0 Å². The molecule has 1 fully saturated rings. The van der Waals surface area contributed by atoms with Crippen molar-refractivity contribution in [2.75, 3.05) is 13.2 Å². The van der Waals surface area contributed by atoms with E-state index in [4.69, 9.17) is 16.4 Å². The summed E-state index contributed by atoms with van der Waals surface area (Å²) in [4.78, 5) is 13.5. The van der Waals surface area contributed by atoms with Gasteiger partial charge >= 0.3 is 6.09 Å². The minimum absolute atomic E-state index is 0.177. The third-order valence-electron chi connectivity index (χ3n) is 3.68. The second-order valence-electron chi connectivity index (χ2n) is 7.59. The van der Waals surface area contributed by atoms with E-state index in [9.17, 15) is 13.2 Å². The van der Waals surface area contributed by atoms with Gasteiger partial charge < -0.3 is 9.47 Å². The van der Waals surface area contributed by atoms with E-state index in [-0.39, 0.29) is 11.5 Å². The molecule has 0 unspecified atom stereocenters. The third kappa shape index (κ3) is 4.96. The highest BCUT2D eigenvalue weighted by Gasteiger charge is 2.46. The lowest BCUT2D eigenvalue weighted by Crippen LogP contribution is -2.51. The summed E-state index contributed by atoms with van der Waals surface area (Å²) in [5.74, 6) is 0. The second kappa shape index (κ2) is 7.17. The minimum Gasteiger partial charge on any atom is -0.444 e. The van der Waals surface area contributed by atoms with Crippen LogP contribution >= 0.6 is 0 Å². The third-order valence-corrected chi connectivity index (χ3v) is 4.85. The Morgan fingerprint density at radius 3 is 2.46 bits per heavy atom. The summed E-state index contributed by atoms with van der Waals surface area (Å²) in [6, 6.07) is 4.52. The molecule has 0 N–H and O–H groups in total. The Balaban J connectivity index is 2.31. The van der Waals surface area contributed by atoms with Crippen LogP contribution in [-0.4, -0.2) is 49.9 Å². The first-order valence-electron chi connectivity index (χ1n) is 9.24. The molecule has 0 spiro atoms. The van der Waals surface area contributed by atoms with E-state index >= 15 is 0 Å². The van der Waals surface area contributed by atoms with Crippen LogP contribution in [-0.2, 0) is 23.8 Å². The van der Waals surface area contributed by atoms with Gasteiger partial charge in [0.2, 0.25) is 0 Å². The van der Waals surface area contributed by atoms with Crippen LogP contribution in [0.4, 0.5) is 4.79 Å². The van der Waals surface area contributed by atoms with Crippen LogP contribution in [0.3, 0.4) is 0 Å². The van der Waals surface area contributed by atoms with Gasteiger partial charge in [-0.2, -0.15) is 8.42 Å². The Morgan fingerprint density at radius 1 is 1.35 bits per heavy atom. The number of carbonyl (C=O) groups excluding carboxylic acids is 1. The Labute approximate surface area is 158 Å². The van der Waals surface area contributed by atoms with E-state index in [1.807, 2.05) is 0 Å². The molecule has 2 rings (SSSR count). The predicted molar refractivity (Wildman–Crippen MR) is 96.2 cm³/mol. The number of hydrogen-bond donors (Lipinski definition) is 0. The fraction of sp³-hybridized carbons (Fsp3) is 0.611. The normalized spacial score (nSPS) is 21.9. The summed E-state index contributed by atoms with van der Waals surface area (Å²) < 4.78 is 57.4. The molecule has 1 heterocycles. The Kier molecular flexibility index (Phi) is 4.90. The number of aryl methyl sites for hydroxylation is 1. The molecule has 0 bridgehead atoms. The molecule has 0 aromatic heterocycles. The SMILES string of the molecule is [2H]C([2H])(OS(=O)(=O)c1ccc(C)cc1)[C@H]1COC(C)(C)N1C(=O)OC(C)(C)C. The summed E-state index contributed by atoms with van der Waals surface area (Å²) in [5, 5.41) is 0. The number of hydrogen-bond acceptors (Lipinski definition) is 6. The lowest BCUT2D eigenvalue weighted by molar-refractivity contribution is -0.0637. The smallest absolute Gasteiger partial charge is 0.412 e. The van der Waals surface area contributed by atoms with Crippen LogP contribution in [0.5, 0.6) is 0 Å². The maximum Gasteiger partial charge on any atom is 0.412 e. The fourth-order valence-electron chi connectivity index (χ4n) is 2.42. The zero-order chi connectivity index (χ0) is 21.5. The van der Waals surface area contributed by atoms with E-state index in [1.165, 1.54) is 12.1 Å². The van der Waals surface area contributed by atoms with Gasteiger partial charge in [-0.3, -0.25) is 9.08 Å². The van der Waals surface area contributed by atoms with E-state index in [2.05, 4.69) is 0 Å². The van der Waals surface area contributed by atoms with Crippen molar-refractivity contribution in [3.8, 4) is 0 Å². The van der Waals surface area contributed by atoms with Crippen LogP contribution in [0.15, 0.2) is 29.2 Å². The quantitative estimate of drug-likeness (QED) is 0.739. The summed E-state index contributed by atoms with van der Waals surface area (Å²) in [6.07, 6.45) is -0.819. The fourth-order valence-corrected chi connectivity index (χ4v) is 3.22. The molecule has 1 amide bonds. The predicted octanol–water partition coefficient (Wildman–Crippen LogP) is 3.07. The monoisotopic (exact) mass is 387 g/mol. The first-order valence-corrected chi connectivity index (χ1v) is 9.65. The maximum absolute atomic E-state index is 12.7. The van der Waals surface area contributed by atoms with Crippen molar-refractivity contribution in [1.29, 1.82) is 0 Å². The lowest BCUT2D eigenvalue weighted by Gasteiger charge is -2.34. The van der Waals surface area contributed by atoms with Crippen LogP contribution < -0.4 is 0 Å². The number of rotatable bonds is 4. The summed E-state index contributed by atoms with van der Waals surface area (Å²) in [5.41, 5.74) is -1.16. The van der Waals surface area contributed by atoms with Crippen molar-refractivity contribution >= 4 is 16.2 Å². The second-order valence-corrected chi connectivity index (χ2v) is 9.14. The Hall–Kier alpha value is -1.64. The van der Waals surface area contributed by atoms with E-state index in [0.717, 1.165) is 10.5 Å². The zero-order valence-corrected chi connectivity index (χ0v) is 16.7. The standard InChI is InChI=1S/C18H27NO6S/c1-13-7-9-15(10-8-13)26(21,22)24-12-14-11-23-18(5,6)19(14)16(20)25-17(2,3)4/h7-10,14H,11-12H2,1-6H3/t14-/m1/s1/i12D2. The molecule has 26 heavy (non-hydrogen) atoms. The number of ether oxygens (including phenoxy) is 2. The van der Waals surface area contributed by atoms with Gasteiger partial charge in [-0.05, 0) is 53.7 Å².